The zero-order valence-electron chi connectivity index (χ0n) is 17.6. The number of hydrogen-bond acceptors (Lipinski definition) is 7. The van der Waals surface area contributed by atoms with Crippen molar-refractivity contribution in [3.8, 4) is 23.0 Å². The highest BCUT2D eigenvalue weighted by Gasteiger charge is 2.22. The van der Waals surface area contributed by atoms with Gasteiger partial charge in [-0.3, -0.25) is 4.79 Å². The van der Waals surface area contributed by atoms with Crippen LogP contribution in [0.1, 0.15) is 11.1 Å². The molecule has 0 atom stereocenters. The second kappa shape index (κ2) is 11.3. The van der Waals surface area contributed by atoms with E-state index in [2.05, 4.69) is 11.9 Å². The van der Waals surface area contributed by atoms with E-state index in [1.807, 2.05) is 24.3 Å². The molecule has 32 heavy (non-hydrogen) atoms. The summed E-state index contributed by atoms with van der Waals surface area (Å²) in [5, 5.41) is 2.93. The van der Waals surface area contributed by atoms with E-state index in [1.54, 1.807) is 25.3 Å². The van der Waals surface area contributed by atoms with Crippen molar-refractivity contribution in [3.63, 3.8) is 0 Å². The summed E-state index contributed by atoms with van der Waals surface area (Å²) < 4.78 is 22.9. The van der Waals surface area contributed by atoms with Gasteiger partial charge < -0.3 is 24.3 Å². The average molecular weight is 492 g/mol. The minimum atomic E-state index is -0.236. The van der Waals surface area contributed by atoms with Crippen molar-refractivity contribution in [2.75, 3.05) is 27.4 Å². The maximum Gasteiger partial charge on any atom is 0.263 e. The summed E-state index contributed by atoms with van der Waals surface area (Å²) in [6.45, 7) is 4.26. The molecule has 0 bridgehead atoms. The van der Waals surface area contributed by atoms with Crippen LogP contribution in [-0.4, -0.2) is 37.7 Å². The Morgan fingerprint density at radius 3 is 2.50 bits per heavy atom. The number of rotatable bonds is 10. The predicted octanol–water partition coefficient (Wildman–Crippen LogP) is 5.03. The molecule has 1 heterocycles. The number of ether oxygens (including phenoxy) is 4. The molecular weight excluding hydrogens is 470 g/mol. The normalized spacial score (nSPS) is 14.3. The van der Waals surface area contributed by atoms with Gasteiger partial charge in [-0.15, -0.1) is 6.58 Å². The number of methoxy groups -OCH3 is 2. The molecule has 0 saturated carbocycles. The molecule has 1 fully saturated rings. The van der Waals surface area contributed by atoms with E-state index >= 15 is 0 Å². The van der Waals surface area contributed by atoms with Crippen LogP contribution in [0.2, 0.25) is 5.02 Å². The lowest BCUT2D eigenvalue weighted by atomic mass is 10.1. The lowest BCUT2D eigenvalue weighted by Gasteiger charge is -2.15. The number of hydrogen-bond donors (Lipinski definition) is 1. The minimum Gasteiger partial charge on any atom is -0.493 e. The van der Waals surface area contributed by atoms with Gasteiger partial charge in [-0.25, -0.2) is 0 Å². The van der Waals surface area contributed by atoms with Gasteiger partial charge in [-0.1, -0.05) is 47.7 Å². The van der Waals surface area contributed by atoms with Crippen molar-refractivity contribution < 1.29 is 23.7 Å². The highest BCUT2D eigenvalue weighted by Crippen LogP contribution is 2.38. The van der Waals surface area contributed by atoms with Crippen LogP contribution in [0, 0.1) is 0 Å². The lowest BCUT2D eigenvalue weighted by Crippen LogP contribution is -2.17. The topological polar surface area (TPSA) is 66.0 Å². The number of carbonyl (C=O) groups excluding carboxylic acids is 1. The second-order valence-electron chi connectivity index (χ2n) is 6.56. The molecule has 1 aliphatic heterocycles. The van der Waals surface area contributed by atoms with Crippen LogP contribution in [0.15, 0.2) is 47.9 Å². The third-order valence-electron chi connectivity index (χ3n) is 4.39. The highest BCUT2D eigenvalue weighted by molar-refractivity contribution is 8.26. The Morgan fingerprint density at radius 2 is 1.84 bits per heavy atom. The SMILES string of the molecule is C=CCc1ccc(OCCOc2c(Cl)cc(C=C3SC(=S)NC3=O)cc2OC)c(OC)c1. The summed E-state index contributed by atoms with van der Waals surface area (Å²) >= 11 is 12.6. The van der Waals surface area contributed by atoms with Crippen molar-refractivity contribution in [1.29, 1.82) is 0 Å². The molecule has 2 aromatic carbocycles. The van der Waals surface area contributed by atoms with Crippen molar-refractivity contribution >= 4 is 51.9 Å². The zero-order valence-corrected chi connectivity index (χ0v) is 20.0. The summed E-state index contributed by atoms with van der Waals surface area (Å²) in [5.41, 5.74) is 1.78. The molecule has 0 aromatic heterocycles. The third kappa shape index (κ3) is 5.97. The van der Waals surface area contributed by atoms with Crippen molar-refractivity contribution in [2.24, 2.45) is 0 Å². The fourth-order valence-electron chi connectivity index (χ4n) is 2.96. The molecule has 6 nitrogen and oxygen atoms in total. The van der Waals surface area contributed by atoms with Gasteiger partial charge in [-0.2, -0.15) is 0 Å². The lowest BCUT2D eigenvalue weighted by molar-refractivity contribution is -0.115. The molecule has 1 saturated heterocycles. The van der Waals surface area contributed by atoms with E-state index in [-0.39, 0.29) is 19.1 Å². The van der Waals surface area contributed by atoms with Gasteiger partial charge in [0.25, 0.3) is 5.91 Å². The number of benzene rings is 2. The Kier molecular flexibility index (Phi) is 8.44. The summed E-state index contributed by atoms with van der Waals surface area (Å²) in [4.78, 5) is 12.4. The molecule has 0 radical (unpaired) electrons. The van der Waals surface area contributed by atoms with E-state index < -0.39 is 0 Å². The van der Waals surface area contributed by atoms with Crippen molar-refractivity contribution in [1.82, 2.24) is 5.32 Å². The van der Waals surface area contributed by atoms with Gasteiger partial charge in [-0.05, 0) is 47.9 Å². The number of thiocarbonyl (C=S) groups is 1. The van der Waals surface area contributed by atoms with E-state index in [1.165, 1.54) is 18.9 Å². The molecule has 2 aromatic rings. The average Bonchev–Trinajstić information content (AvgIpc) is 3.09. The Bertz CT molecular complexity index is 1070. The molecule has 0 aliphatic carbocycles. The maximum atomic E-state index is 11.9. The highest BCUT2D eigenvalue weighted by atomic mass is 35.5. The second-order valence-corrected chi connectivity index (χ2v) is 8.69. The molecule has 1 amide bonds. The molecule has 168 valence electrons. The Hall–Kier alpha value is -2.68. The van der Waals surface area contributed by atoms with Crippen LogP contribution in [-0.2, 0) is 11.2 Å². The Balaban J connectivity index is 1.65. The summed E-state index contributed by atoms with van der Waals surface area (Å²) in [6.07, 6.45) is 4.28. The van der Waals surface area contributed by atoms with E-state index in [9.17, 15) is 4.79 Å². The van der Waals surface area contributed by atoms with Crippen LogP contribution < -0.4 is 24.3 Å². The molecule has 3 rings (SSSR count). The van der Waals surface area contributed by atoms with Crippen LogP contribution in [0.3, 0.4) is 0 Å². The van der Waals surface area contributed by atoms with Gasteiger partial charge >= 0.3 is 0 Å². The van der Waals surface area contributed by atoms with Crippen molar-refractivity contribution in [3.05, 3.63) is 64.0 Å². The number of carbonyl (C=O) groups is 1. The minimum absolute atomic E-state index is 0.236. The standard InChI is InChI=1S/C23H22ClNO5S2/c1-4-5-14-6-7-17(18(11-14)27-2)29-8-9-30-21-16(24)10-15(12-19(21)28-3)13-20-22(26)25-23(31)32-20/h4,6-7,10-13H,1,5,8-9H2,2-3H3,(H,25,26,31). The fraction of sp³-hybridized carbons (Fsp3) is 0.217. The molecule has 0 spiro atoms. The third-order valence-corrected chi connectivity index (χ3v) is 5.83. The Morgan fingerprint density at radius 1 is 1.09 bits per heavy atom. The van der Waals surface area contributed by atoms with Gasteiger partial charge in [0.05, 0.1) is 24.1 Å². The molecular formula is C23H22ClNO5S2. The number of allylic oxidation sites excluding steroid dienone is 1. The summed E-state index contributed by atoms with van der Waals surface area (Å²) in [7, 11) is 3.12. The first-order valence-corrected chi connectivity index (χ1v) is 11.2. The molecule has 0 unspecified atom stereocenters. The Labute approximate surface area is 201 Å². The van der Waals surface area contributed by atoms with Crippen molar-refractivity contribution in [2.45, 2.75) is 6.42 Å². The smallest absolute Gasteiger partial charge is 0.263 e. The summed E-state index contributed by atoms with van der Waals surface area (Å²) in [5.74, 6) is 1.87. The van der Waals surface area contributed by atoms with E-state index in [4.69, 9.17) is 42.8 Å². The van der Waals surface area contributed by atoms with Crippen LogP contribution in [0.5, 0.6) is 23.0 Å². The number of amides is 1. The summed E-state index contributed by atoms with van der Waals surface area (Å²) in [6, 6.07) is 9.18. The van der Waals surface area contributed by atoms with Gasteiger partial charge in [0.2, 0.25) is 0 Å². The zero-order chi connectivity index (χ0) is 23.1. The van der Waals surface area contributed by atoms with Gasteiger partial charge in [0.15, 0.2) is 23.0 Å². The molecule has 1 N–H and O–H groups in total. The number of nitrogens with one attached hydrogen (secondary N) is 1. The van der Waals surface area contributed by atoms with Crippen LogP contribution in [0.4, 0.5) is 0 Å². The monoisotopic (exact) mass is 491 g/mol. The molecule has 1 aliphatic rings. The number of thioether (sulfide) groups is 1. The fourth-order valence-corrected chi connectivity index (χ4v) is 4.27. The first kappa shape index (κ1) is 24.0. The van der Waals surface area contributed by atoms with Crippen LogP contribution >= 0.6 is 35.6 Å². The first-order chi connectivity index (χ1) is 15.4. The largest absolute Gasteiger partial charge is 0.493 e. The predicted molar refractivity (Wildman–Crippen MR) is 132 cm³/mol. The van der Waals surface area contributed by atoms with E-state index in [0.717, 1.165) is 12.0 Å². The number of halogens is 1. The van der Waals surface area contributed by atoms with E-state index in [0.29, 0.717) is 42.8 Å². The maximum absolute atomic E-state index is 11.9. The molecule has 9 heteroatoms. The quantitative estimate of drug-likeness (QED) is 0.216. The van der Waals surface area contributed by atoms with Crippen LogP contribution in [0.25, 0.3) is 6.08 Å². The van der Waals surface area contributed by atoms with Gasteiger partial charge in [0, 0.05) is 0 Å². The first-order valence-electron chi connectivity index (χ1n) is 9.61. The van der Waals surface area contributed by atoms with Gasteiger partial charge in [0.1, 0.15) is 17.5 Å².